The van der Waals surface area contributed by atoms with E-state index in [4.69, 9.17) is 32.7 Å². The van der Waals surface area contributed by atoms with Crippen molar-refractivity contribution in [1.82, 2.24) is 10.4 Å². The van der Waals surface area contributed by atoms with E-state index in [0.29, 0.717) is 33.7 Å². The van der Waals surface area contributed by atoms with E-state index in [2.05, 4.69) is 15.5 Å². The average Bonchev–Trinajstić information content (AvgIpc) is 2.75. The molecule has 0 aliphatic rings. The predicted octanol–water partition coefficient (Wildman–Crippen LogP) is 5.13. The highest BCUT2D eigenvalue weighted by molar-refractivity contribution is 6.35. The Bertz CT molecular complexity index is 1040. The topological polar surface area (TPSA) is 72.8 Å². The summed E-state index contributed by atoms with van der Waals surface area (Å²) < 4.78 is 11.6. The zero-order chi connectivity index (χ0) is 21.3. The molecule has 2 aromatic carbocycles. The number of halogens is 2. The summed E-state index contributed by atoms with van der Waals surface area (Å²) in [5.74, 6) is 0.811. The van der Waals surface area contributed by atoms with E-state index in [1.807, 2.05) is 19.1 Å². The molecule has 1 N–H and O–H groups in total. The van der Waals surface area contributed by atoms with Crippen LogP contribution in [0.25, 0.3) is 0 Å². The number of hydrazone groups is 1. The van der Waals surface area contributed by atoms with Gasteiger partial charge in [0, 0.05) is 33.6 Å². The number of amides is 1. The van der Waals surface area contributed by atoms with Crippen LogP contribution < -0.4 is 14.9 Å². The highest BCUT2D eigenvalue weighted by Gasteiger charge is 2.09. The standard InChI is InChI=1S/C22H19Cl2N3O3/c1-2-29-21-11-15(13-26-27-22(28)16-7-9-25-10-8-16)3-6-20(21)30-14-17-4-5-18(23)12-19(17)24/h3-13H,2,14H2,1H3,(H,27,28)/b26-13-. The first kappa shape index (κ1) is 21.6. The molecule has 3 rings (SSSR count). The van der Waals surface area contributed by atoms with E-state index >= 15 is 0 Å². The maximum atomic E-state index is 12.0. The van der Waals surface area contributed by atoms with Gasteiger partial charge in [0.15, 0.2) is 11.5 Å². The fraction of sp³-hybridized carbons (Fsp3) is 0.136. The van der Waals surface area contributed by atoms with E-state index in [1.165, 1.54) is 6.21 Å². The van der Waals surface area contributed by atoms with Crippen molar-refractivity contribution in [2.75, 3.05) is 6.61 Å². The van der Waals surface area contributed by atoms with Crippen LogP contribution >= 0.6 is 23.2 Å². The number of rotatable bonds is 8. The molecule has 1 aromatic heterocycles. The van der Waals surface area contributed by atoms with Gasteiger partial charge in [-0.15, -0.1) is 0 Å². The highest BCUT2D eigenvalue weighted by Crippen LogP contribution is 2.30. The number of nitrogens with zero attached hydrogens (tertiary/aromatic N) is 2. The number of carbonyl (C=O) groups is 1. The molecule has 1 amide bonds. The molecule has 0 atom stereocenters. The Hall–Kier alpha value is -3.09. The summed E-state index contributed by atoms with van der Waals surface area (Å²) >= 11 is 12.1. The quantitative estimate of drug-likeness (QED) is 0.386. The summed E-state index contributed by atoms with van der Waals surface area (Å²) in [4.78, 5) is 15.9. The second-order valence-electron chi connectivity index (χ2n) is 6.10. The van der Waals surface area contributed by atoms with E-state index in [0.717, 1.165) is 11.1 Å². The van der Waals surface area contributed by atoms with Gasteiger partial charge in [-0.1, -0.05) is 29.3 Å². The first-order valence-corrected chi connectivity index (χ1v) is 9.89. The van der Waals surface area contributed by atoms with Gasteiger partial charge in [0.2, 0.25) is 0 Å². The number of ether oxygens (including phenoxy) is 2. The Balaban J connectivity index is 1.67. The first-order valence-electron chi connectivity index (χ1n) is 9.14. The number of benzene rings is 2. The minimum absolute atomic E-state index is 0.269. The molecule has 0 unspecified atom stereocenters. The zero-order valence-electron chi connectivity index (χ0n) is 16.1. The Morgan fingerprint density at radius 2 is 1.87 bits per heavy atom. The third kappa shape index (κ3) is 5.95. The minimum Gasteiger partial charge on any atom is -0.490 e. The number of hydrogen-bond acceptors (Lipinski definition) is 5. The van der Waals surface area contributed by atoms with Gasteiger partial charge in [0.1, 0.15) is 6.61 Å². The van der Waals surface area contributed by atoms with Crippen molar-refractivity contribution in [1.29, 1.82) is 0 Å². The second-order valence-corrected chi connectivity index (χ2v) is 6.94. The average molecular weight is 444 g/mol. The Labute approximate surface area is 184 Å². The van der Waals surface area contributed by atoms with Crippen LogP contribution in [0.2, 0.25) is 10.0 Å². The molecule has 0 aliphatic heterocycles. The Kier molecular flexibility index (Phi) is 7.65. The van der Waals surface area contributed by atoms with Crippen molar-refractivity contribution in [2.24, 2.45) is 5.10 Å². The van der Waals surface area contributed by atoms with Crippen LogP contribution in [0.4, 0.5) is 0 Å². The van der Waals surface area contributed by atoms with Crippen LogP contribution in [0.15, 0.2) is 66.0 Å². The molecule has 154 valence electrons. The van der Waals surface area contributed by atoms with Crippen LogP contribution in [-0.4, -0.2) is 23.7 Å². The molecule has 0 fully saturated rings. The highest BCUT2D eigenvalue weighted by atomic mass is 35.5. The van der Waals surface area contributed by atoms with Gasteiger partial charge in [0.05, 0.1) is 12.8 Å². The van der Waals surface area contributed by atoms with E-state index in [1.54, 1.807) is 48.8 Å². The van der Waals surface area contributed by atoms with Gasteiger partial charge in [-0.05, 0) is 55.0 Å². The second kappa shape index (κ2) is 10.6. The zero-order valence-corrected chi connectivity index (χ0v) is 17.7. The summed E-state index contributed by atoms with van der Waals surface area (Å²) in [6.45, 7) is 2.62. The molecule has 1 heterocycles. The van der Waals surface area contributed by atoms with E-state index < -0.39 is 0 Å². The molecule has 0 saturated heterocycles. The summed E-state index contributed by atoms with van der Waals surface area (Å²) in [6, 6.07) is 13.8. The van der Waals surface area contributed by atoms with Gasteiger partial charge in [-0.2, -0.15) is 5.10 Å². The van der Waals surface area contributed by atoms with E-state index in [-0.39, 0.29) is 12.5 Å². The number of carbonyl (C=O) groups excluding carboxylic acids is 1. The van der Waals surface area contributed by atoms with Crippen LogP contribution in [0.1, 0.15) is 28.4 Å². The van der Waals surface area contributed by atoms with Crippen LogP contribution in [0.3, 0.4) is 0 Å². The third-order valence-corrected chi connectivity index (χ3v) is 4.58. The lowest BCUT2D eigenvalue weighted by Gasteiger charge is -2.13. The summed E-state index contributed by atoms with van der Waals surface area (Å²) in [7, 11) is 0. The first-order chi connectivity index (χ1) is 14.6. The number of hydrogen-bond donors (Lipinski definition) is 1. The maximum absolute atomic E-state index is 12.0. The molecular weight excluding hydrogens is 425 g/mol. The van der Waals surface area contributed by atoms with Gasteiger partial charge in [-0.25, -0.2) is 5.43 Å². The van der Waals surface area contributed by atoms with Gasteiger partial charge >= 0.3 is 0 Å². The van der Waals surface area contributed by atoms with Crippen molar-refractivity contribution in [2.45, 2.75) is 13.5 Å². The monoisotopic (exact) mass is 443 g/mol. The fourth-order valence-electron chi connectivity index (χ4n) is 2.52. The lowest BCUT2D eigenvalue weighted by atomic mass is 10.2. The lowest BCUT2D eigenvalue weighted by molar-refractivity contribution is 0.0955. The molecule has 0 aliphatic carbocycles. The molecule has 3 aromatic rings. The molecule has 0 radical (unpaired) electrons. The van der Waals surface area contributed by atoms with Crippen molar-refractivity contribution in [3.05, 3.63) is 87.7 Å². The molecule has 0 saturated carbocycles. The largest absolute Gasteiger partial charge is 0.490 e. The summed E-state index contributed by atoms with van der Waals surface area (Å²) in [5, 5.41) is 5.10. The Morgan fingerprint density at radius 1 is 1.07 bits per heavy atom. The van der Waals surface area contributed by atoms with E-state index in [9.17, 15) is 4.79 Å². The smallest absolute Gasteiger partial charge is 0.271 e. The predicted molar refractivity (Wildman–Crippen MR) is 118 cm³/mol. The normalized spacial score (nSPS) is 10.8. The molecule has 8 heteroatoms. The number of nitrogens with one attached hydrogen (secondary N) is 1. The maximum Gasteiger partial charge on any atom is 0.271 e. The van der Waals surface area contributed by atoms with Gasteiger partial charge in [-0.3, -0.25) is 9.78 Å². The van der Waals surface area contributed by atoms with Crippen molar-refractivity contribution >= 4 is 35.3 Å². The third-order valence-electron chi connectivity index (χ3n) is 3.99. The summed E-state index contributed by atoms with van der Waals surface area (Å²) in [6.07, 6.45) is 4.62. The van der Waals surface area contributed by atoms with Gasteiger partial charge in [0.25, 0.3) is 5.91 Å². The Morgan fingerprint density at radius 3 is 2.60 bits per heavy atom. The van der Waals surface area contributed by atoms with Crippen LogP contribution in [-0.2, 0) is 6.61 Å². The number of aromatic nitrogens is 1. The van der Waals surface area contributed by atoms with Crippen molar-refractivity contribution < 1.29 is 14.3 Å². The van der Waals surface area contributed by atoms with Crippen molar-refractivity contribution in [3.8, 4) is 11.5 Å². The molecule has 30 heavy (non-hydrogen) atoms. The molecule has 6 nitrogen and oxygen atoms in total. The fourth-order valence-corrected chi connectivity index (χ4v) is 2.98. The molecule has 0 spiro atoms. The lowest BCUT2D eigenvalue weighted by Crippen LogP contribution is -2.17. The van der Waals surface area contributed by atoms with Crippen molar-refractivity contribution in [3.63, 3.8) is 0 Å². The van der Waals surface area contributed by atoms with Crippen LogP contribution in [0, 0.1) is 0 Å². The molecular formula is C22H19Cl2N3O3. The SMILES string of the molecule is CCOc1cc(/C=N\NC(=O)c2ccncc2)ccc1OCc1ccc(Cl)cc1Cl. The number of pyridine rings is 1. The van der Waals surface area contributed by atoms with Gasteiger partial charge < -0.3 is 9.47 Å². The minimum atomic E-state index is -0.321. The molecule has 0 bridgehead atoms. The van der Waals surface area contributed by atoms with Crippen LogP contribution in [0.5, 0.6) is 11.5 Å². The summed E-state index contributed by atoms with van der Waals surface area (Å²) in [5.41, 5.74) is 4.50.